The smallest absolute Gasteiger partial charge is 0.262 e. The van der Waals surface area contributed by atoms with Crippen LogP contribution in [0.25, 0.3) is 0 Å². The number of carbonyl (C=O) groups is 1. The van der Waals surface area contributed by atoms with Crippen LogP contribution in [0.15, 0.2) is 11.4 Å². The molecule has 90 valence electrons. The van der Waals surface area contributed by atoms with E-state index in [1.54, 1.807) is 25.5 Å². The number of aromatic amines is 1. The third-order valence-corrected chi connectivity index (χ3v) is 3.04. The standard InChI is InChI=1S/C9H11N5O2S/c1-5(8-11-13-14-12-8)10-9(15)7-3-6(16-2)4-17-7/h3-5H,1-2H3,(H,10,15)(H,11,12,13,14). The van der Waals surface area contributed by atoms with Gasteiger partial charge in [0.25, 0.3) is 5.91 Å². The number of hydrogen-bond donors (Lipinski definition) is 2. The van der Waals surface area contributed by atoms with Gasteiger partial charge in [0, 0.05) is 11.4 Å². The Balaban J connectivity index is 2.01. The van der Waals surface area contributed by atoms with E-state index in [1.165, 1.54) is 11.3 Å². The first-order valence-electron chi connectivity index (χ1n) is 4.87. The number of thiophene rings is 1. The molecule has 2 aromatic heterocycles. The minimum absolute atomic E-state index is 0.185. The Morgan fingerprint density at radius 2 is 2.47 bits per heavy atom. The van der Waals surface area contributed by atoms with Crippen LogP contribution >= 0.6 is 11.3 Å². The van der Waals surface area contributed by atoms with Gasteiger partial charge in [0.05, 0.1) is 18.0 Å². The Morgan fingerprint density at radius 1 is 1.65 bits per heavy atom. The van der Waals surface area contributed by atoms with E-state index in [0.717, 1.165) is 0 Å². The molecule has 0 bridgehead atoms. The lowest BCUT2D eigenvalue weighted by molar-refractivity contribution is 0.0942. The summed E-state index contributed by atoms with van der Waals surface area (Å²) in [6.07, 6.45) is 0. The Kier molecular flexibility index (Phi) is 3.33. The Bertz CT molecular complexity index is 495. The summed E-state index contributed by atoms with van der Waals surface area (Å²) < 4.78 is 5.01. The average molecular weight is 253 g/mol. The molecule has 2 heterocycles. The van der Waals surface area contributed by atoms with Crippen molar-refractivity contribution < 1.29 is 9.53 Å². The summed E-state index contributed by atoms with van der Waals surface area (Å²) >= 11 is 1.32. The van der Waals surface area contributed by atoms with Crippen molar-refractivity contribution in [2.75, 3.05) is 7.11 Å². The number of H-pyrrole nitrogens is 1. The van der Waals surface area contributed by atoms with E-state index in [2.05, 4.69) is 25.9 Å². The lowest BCUT2D eigenvalue weighted by atomic mass is 10.3. The summed E-state index contributed by atoms with van der Waals surface area (Å²) in [5.74, 6) is 0.935. The van der Waals surface area contributed by atoms with Crippen molar-refractivity contribution in [3.63, 3.8) is 0 Å². The highest BCUT2D eigenvalue weighted by Gasteiger charge is 2.16. The van der Waals surface area contributed by atoms with Crippen LogP contribution < -0.4 is 10.1 Å². The predicted molar refractivity (Wildman–Crippen MR) is 60.9 cm³/mol. The van der Waals surface area contributed by atoms with Gasteiger partial charge < -0.3 is 10.1 Å². The minimum Gasteiger partial charge on any atom is -0.496 e. The van der Waals surface area contributed by atoms with Crippen LogP contribution in [-0.2, 0) is 0 Å². The van der Waals surface area contributed by atoms with Gasteiger partial charge >= 0.3 is 0 Å². The molecule has 0 saturated carbocycles. The third kappa shape index (κ3) is 2.59. The van der Waals surface area contributed by atoms with Gasteiger partial charge in [0.15, 0.2) is 5.82 Å². The first-order valence-corrected chi connectivity index (χ1v) is 5.75. The summed E-state index contributed by atoms with van der Waals surface area (Å²) in [7, 11) is 1.56. The highest BCUT2D eigenvalue weighted by Crippen LogP contribution is 2.21. The number of rotatable bonds is 4. The lowest BCUT2D eigenvalue weighted by Crippen LogP contribution is -2.26. The number of methoxy groups -OCH3 is 1. The molecule has 2 N–H and O–H groups in total. The fraction of sp³-hybridized carbons (Fsp3) is 0.333. The van der Waals surface area contributed by atoms with Crippen LogP contribution in [0.1, 0.15) is 28.5 Å². The maximum Gasteiger partial charge on any atom is 0.262 e. The highest BCUT2D eigenvalue weighted by molar-refractivity contribution is 7.12. The molecule has 8 heteroatoms. The number of amides is 1. The summed E-state index contributed by atoms with van der Waals surface area (Å²) in [5.41, 5.74) is 0. The van der Waals surface area contributed by atoms with Crippen molar-refractivity contribution in [2.45, 2.75) is 13.0 Å². The van der Waals surface area contributed by atoms with E-state index in [4.69, 9.17) is 4.74 Å². The van der Waals surface area contributed by atoms with Gasteiger partial charge in [-0.15, -0.1) is 21.5 Å². The van der Waals surface area contributed by atoms with Gasteiger partial charge in [0.1, 0.15) is 5.75 Å². The van der Waals surface area contributed by atoms with Gasteiger partial charge in [-0.3, -0.25) is 4.79 Å². The van der Waals surface area contributed by atoms with Gasteiger partial charge in [0.2, 0.25) is 0 Å². The van der Waals surface area contributed by atoms with Crippen molar-refractivity contribution >= 4 is 17.2 Å². The summed E-state index contributed by atoms with van der Waals surface area (Å²) in [4.78, 5) is 12.4. The van der Waals surface area contributed by atoms with Crippen LogP contribution in [0.3, 0.4) is 0 Å². The molecule has 2 rings (SSSR count). The Labute approximate surface area is 101 Å². The Hall–Kier alpha value is -1.96. The third-order valence-electron chi connectivity index (χ3n) is 2.13. The maximum absolute atomic E-state index is 11.8. The largest absolute Gasteiger partial charge is 0.496 e. The van der Waals surface area contributed by atoms with E-state index >= 15 is 0 Å². The van der Waals surface area contributed by atoms with Gasteiger partial charge in [-0.25, -0.2) is 0 Å². The summed E-state index contributed by atoms with van der Waals surface area (Å²) in [6.45, 7) is 1.79. The van der Waals surface area contributed by atoms with Crippen molar-refractivity contribution in [3.05, 3.63) is 22.1 Å². The number of hydrogen-bond acceptors (Lipinski definition) is 6. The number of nitrogens with zero attached hydrogens (tertiary/aromatic N) is 3. The second kappa shape index (κ2) is 4.91. The molecule has 0 spiro atoms. The maximum atomic E-state index is 11.8. The molecule has 17 heavy (non-hydrogen) atoms. The average Bonchev–Trinajstić information content (AvgIpc) is 3.00. The zero-order valence-electron chi connectivity index (χ0n) is 9.30. The molecule has 0 aliphatic carbocycles. The minimum atomic E-state index is -0.297. The molecule has 0 radical (unpaired) electrons. The first kappa shape index (κ1) is 11.5. The first-order chi connectivity index (χ1) is 8.20. The van der Waals surface area contributed by atoms with E-state index in [-0.39, 0.29) is 11.9 Å². The molecule has 0 fully saturated rings. The zero-order valence-corrected chi connectivity index (χ0v) is 10.1. The van der Waals surface area contributed by atoms with Gasteiger partial charge in [-0.2, -0.15) is 5.21 Å². The number of nitrogens with one attached hydrogen (secondary N) is 2. The van der Waals surface area contributed by atoms with Gasteiger partial charge in [-0.05, 0) is 6.92 Å². The van der Waals surface area contributed by atoms with Gasteiger partial charge in [-0.1, -0.05) is 5.21 Å². The molecule has 0 aliphatic heterocycles. The SMILES string of the molecule is COc1csc(C(=O)NC(C)c2nn[nH]n2)c1. The zero-order chi connectivity index (χ0) is 12.3. The molecule has 0 aromatic carbocycles. The van der Waals surface area contributed by atoms with Crippen molar-refractivity contribution in [1.82, 2.24) is 25.9 Å². The molecule has 0 aliphatic rings. The molecule has 1 amide bonds. The van der Waals surface area contributed by atoms with E-state index < -0.39 is 0 Å². The number of tetrazole rings is 1. The van der Waals surface area contributed by atoms with Crippen molar-refractivity contribution in [2.24, 2.45) is 0 Å². The topological polar surface area (TPSA) is 92.8 Å². The molecule has 7 nitrogen and oxygen atoms in total. The van der Waals surface area contributed by atoms with Crippen LogP contribution in [0.5, 0.6) is 5.75 Å². The van der Waals surface area contributed by atoms with E-state index in [0.29, 0.717) is 16.5 Å². The fourth-order valence-electron chi connectivity index (χ4n) is 1.23. The van der Waals surface area contributed by atoms with Crippen LogP contribution in [0, 0.1) is 0 Å². The van der Waals surface area contributed by atoms with Crippen LogP contribution in [0.4, 0.5) is 0 Å². The van der Waals surface area contributed by atoms with Crippen LogP contribution in [-0.4, -0.2) is 33.6 Å². The molecule has 1 unspecified atom stereocenters. The fourth-order valence-corrected chi connectivity index (χ4v) is 1.99. The molecule has 2 aromatic rings. The van der Waals surface area contributed by atoms with Crippen molar-refractivity contribution in [3.8, 4) is 5.75 Å². The van der Waals surface area contributed by atoms with Crippen LogP contribution in [0.2, 0.25) is 0 Å². The summed E-state index contributed by atoms with van der Waals surface area (Å²) in [6, 6.07) is 1.39. The Morgan fingerprint density at radius 3 is 3.06 bits per heavy atom. The lowest BCUT2D eigenvalue weighted by Gasteiger charge is -2.08. The quantitative estimate of drug-likeness (QED) is 0.839. The number of ether oxygens (including phenoxy) is 1. The summed E-state index contributed by atoms with van der Waals surface area (Å²) in [5, 5.41) is 17.9. The second-order valence-corrected chi connectivity index (χ2v) is 4.23. The van der Waals surface area contributed by atoms with E-state index in [9.17, 15) is 4.79 Å². The predicted octanol–water partition coefficient (Wildman–Crippen LogP) is 0.761. The highest BCUT2D eigenvalue weighted by atomic mass is 32.1. The number of aromatic nitrogens is 4. The molecular formula is C9H11N5O2S. The second-order valence-electron chi connectivity index (χ2n) is 3.32. The molecule has 1 atom stereocenters. The number of carbonyl (C=O) groups excluding carboxylic acids is 1. The van der Waals surface area contributed by atoms with E-state index in [1.807, 2.05) is 0 Å². The normalized spacial score (nSPS) is 12.1. The van der Waals surface area contributed by atoms with Crippen molar-refractivity contribution in [1.29, 1.82) is 0 Å². The molecule has 0 saturated heterocycles. The molecular weight excluding hydrogens is 242 g/mol. The monoisotopic (exact) mass is 253 g/mol.